The second-order valence-electron chi connectivity index (χ2n) is 6.64. The summed E-state index contributed by atoms with van der Waals surface area (Å²) in [4.78, 5) is 17.1. The normalized spacial score (nSPS) is 15.8. The van der Waals surface area contributed by atoms with Crippen LogP contribution in [0, 0.1) is 11.3 Å². The van der Waals surface area contributed by atoms with Gasteiger partial charge >= 0.3 is 5.97 Å². The van der Waals surface area contributed by atoms with E-state index < -0.39 is 11.9 Å². The van der Waals surface area contributed by atoms with E-state index in [1.54, 1.807) is 44.1 Å². The van der Waals surface area contributed by atoms with Crippen LogP contribution in [-0.2, 0) is 20.0 Å². The molecule has 1 aliphatic rings. The number of alkyl halides is 1. The number of hydrogen-bond acceptors (Lipinski definition) is 8. The summed E-state index contributed by atoms with van der Waals surface area (Å²) >= 11 is 7.59. The average Bonchev–Trinajstić information content (AvgIpc) is 2.82. The lowest BCUT2D eigenvalue weighted by molar-refractivity contribution is -0.139. The first-order chi connectivity index (χ1) is 15.5. The number of benzene rings is 1. The summed E-state index contributed by atoms with van der Waals surface area (Å²) in [5.74, 6) is -0.131. The third-order valence-electron chi connectivity index (χ3n) is 4.76. The molecule has 1 aromatic heterocycles. The molecule has 1 aromatic carbocycles. The number of allylic oxidation sites excluding steroid dienone is 2. The lowest BCUT2D eigenvalue weighted by Gasteiger charge is -2.28. The molecule has 2 N–H and O–H groups in total. The van der Waals surface area contributed by atoms with E-state index >= 15 is 0 Å². The Balaban J connectivity index is 2.07. The van der Waals surface area contributed by atoms with Gasteiger partial charge in [-0.25, -0.2) is 9.78 Å². The highest BCUT2D eigenvalue weighted by molar-refractivity contribution is 7.98. The van der Waals surface area contributed by atoms with Gasteiger partial charge in [0.25, 0.3) is 0 Å². The Hall–Kier alpha value is -3.15. The summed E-state index contributed by atoms with van der Waals surface area (Å²) in [6, 6.07) is 13.3. The fraction of sp³-hybridized carbons (Fsp3) is 0.261. The summed E-state index contributed by atoms with van der Waals surface area (Å²) in [6.07, 6.45) is 1.73. The maximum Gasteiger partial charge on any atom is 0.338 e. The van der Waals surface area contributed by atoms with E-state index in [1.165, 1.54) is 0 Å². The number of ether oxygens (including phenoxy) is 3. The average molecular weight is 472 g/mol. The molecule has 1 atom stereocenters. The molecule has 7 nitrogen and oxygen atoms in total. The molecule has 2 aromatic rings. The zero-order valence-corrected chi connectivity index (χ0v) is 19.2. The van der Waals surface area contributed by atoms with Crippen LogP contribution in [0.2, 0.25) is 0 Å². The lowest BCUT2D eigenvalue weighted by atomic mass is 9.82. The van der Waals surface area contributed by atoms with Crippen LogP contribution >= 0.6 is 23.4 Å². The van der Waals surface area contributed by atoms with Crippen LogP contribution in [0.5, 0.6) is 5.75 Å². The largest absolute Gasteiger partial charge is 0.496 e. The molecule has 0 saturated heterocycles. The summed E-state index contributed by atoms with van der Waals surface area (Å²) in [5.41, 5.74) is 7.84. The second-order valence-corrected chi connectivity index (χ2v) is 7.91. The number of nitrogens with zero attached hydrogens (tertiary/aromatic N) is 2. The second kappa shape index (κ2) is 10.9. The Morgan fingerprint density at radius 3 is 2.81 bits per heavy atom. The SMILES string of the molecule is CCOC(=O)C1=C(CCl)OC(N)=C(C#N)[C@@H]1c1ccc(OC)c(CSc2ccccn2)c1. The Kier molecular flexibility index (Phi) is 8.03. The van der Waals surface area contributed by atoms with Crippen molar-refractivity contribution in [1.82, 2.24) is 4.98 Å². The highest BCUT2D eigenvalue weighted by atomic mass is 35.5. The number of nitriles is 1. The molecule has 9 heteroatoms. The number of carbonyl (C=O) groups is 1. The molecule has 32 heavy (non-hydrogen) atoms. The summed E-state index contributed by atoms with van der Waals surface area (Å²) in [5, 5.41) is 10.7. The maximum absolute atomic E-state index is 12.8. The van der Waals surface area contributed by atoms with Gasteiger partial charge in [-0.3, -0.25) is 0 Å². The molecule has 0 spiro atoms. The number of aromatic nitrogens is 1. The molecule has 0 radical (unpaired) electrons. The van der Waals surface area contributed by atoms with Crippen molar-refractivity contribution in [3.8, 4) is 11.8 Å². The van der Waals surface area contributed by atoms with Crippen molar-refractivity contribution in [2.45, 2.75) is 23.6 Å². The van der Waals surface area contributed by atoms with Crippen molar-refractivity contribution in [2.24, 2.45) is 5.73 Å². The van der Waals surface area contributed by atoms with Crippen LogP contribution < -0.4 is 10.5 Å². The van der Waals surface area contributed by atoms with Gasteiger partial charge in [-0.1, -0.05) is 18.2 Å². The van der Waals surface area contributed by atoms with Gasteiger partial charge < -0.3 is 19.9 Å². The fourth-order valence-electron chi connectivity index (χ4n) is 3.36. The van der Waals surface area contributed by atoms with Crippen LogP contribution in [-0.4, -0.2) is 30.5 Å². The third-order valence-corrected chi connectivity index (χ3v) is 6.00. The zero-order valence-electron chi connectivity index (χ0n) is 17.6. The van der Waals surface area contributed by atoms with Gasteiger partial charge in [-0.2, -0.15) is 5.26 Å². The van der Waals surface area contributed by atoms with Gasteiger partial charge in [0.15, 0.2) is 0 Å². The highest BCUT2D eigenvalue weighted by Crippen LogP contribution is 2.41. The van der Waals surface area contributed by atoms with Crippen molar-refractivity contribution in [2.75, 3.05) is 19.6 Å². The molecule has 0 aliphatic carbocycles. The van der Waals surface area contributed by atoms with Crippen molar-refractivity contribution in [1.29, 1.82) is 5.26 Å². The Bertz CT molecular complexity index is 1100. The molecule has 0 bridgehead atoms. The first kappa shape index (κ1) is 23.5. The number of thioether (sulfide) groups is 1. The monoisotopic (exact) mass is 471 g/mol. The highest BCUT2D eigenvalue weighted by Gasteiger charge is 2.37. The summed E-state index contributed by atoms with van der Waals surface area (Å²) in [7, 11) is 1.59. The van der Waals surface area contributed by atoms with E-state index in [0.29, 0.717) is 17.1 Å². The molecule has 0 saturated carbocycles. The first-order valence-electron chi connectivity index (χ1n) is 9.78. The Labute approximate surface area is 195 Å². The summed E-state index contributed by atoms with van der Waals surface area (Å²) < 4.78 is 16.2. The predicted octanol–water partition coefficient (Wildman–Crippen LogP) is 4.25. The molecule has 0 fully saturated rings. The minimum absolute atomic E-state index is 0.0820. The van der Waals surface area contributed by atoms with Gasteiger partial charge in [0.2, 0.25) is 5.88 Å². The molecule has 0 amide bonds. The van der Waals surface area contributed by atoms with E-state index in [0.717, 1.165) is 10.6 Å². The topological polar surface area (TPSA) is 107 Å². The number of carbonyl (C=O) groups excluding carboxylic acids is 1. The lowest BCUT2D eigenvalue weighted by Crippen LogP contribution is -2.27. The van der Waals surface area contributed by atoms with Gasteiger partial charge in [-0.15, -0.1) is 23.4 Å². The van der Waals surface area contributed by atoms with Crippen LogP contribution in [0.1, 0.15) is 24.0 Å². The molecule has 2 heterocycles. The van der Waals surface area contributed by atoms with E-state index in [9.17, 15) is 10.1 Å². The van der Waals surface area contributed by atoms with Gasteiger partial charge in [-0.05, 0) is 30.7 Å². The number of esters is 1. The Morgan fingerprint density at radius 1 is 1.38 bits per heavy atom. The van der Waals surface area contributed by atoms with Crippen molar-refractivity contribution in [3.63, 3.8) is 0 Å². The van der Waals surface area contributed by atoms with Crippen molar-refractivity contribution in [3.05, 3.63) is 76.5 Å². The molecule has 3 rings (SSSR count). The molecule has 0 unspecified atom stereocenters. The number of pyridine rings is 1. The zero-order chi connectivity index (χ0) is 23.1. The molecule has 166 valence electrons. The van der Waals surface area contributed by atoms with Gasteiger partial charge in [0.05, 0.1) is 36.1 Å². The van der Waals surface area contributed by atoms with E-state index in [4.69, 9.17) is 31.5 Å². The minimum Gasteiger partial charge on any atom is -0.496 e. The number of methoxy groups -OCH3 is 1. The maximum atomic E-state index is 12.8. The third kappa shape index (κ3) is 5.01. The quantitative estimate of drug-likeness (QED) is 0.346. The number of rotatable bonds is 8. The van der Waals surface area contributed by atoms with E-state index in [2.05, 4.69) is 11.1 Å². The number of hydrogen-bond donors (Lipinski definition) is 1. The van der Waals surface area contributed by atoms with E-state index in [-0.39, 0.29) is 35.3 Å². The van der Waals surface area contributed by atoms with Crippen LogP contribution in [0.3, 0.4) is 0 Å². The van der Waals surface area contributed by atoms with Gasteiger partial charge in [0, 0.05) is 17.5 Å². The minimum atomic E-state index is -0.772. The summed E-state index contributed by atoms with van der Waals surface area (Å²) in [6.45, 7) is 1.87. The number of nitrogens with two attached hydrogens (primary N) is 1. The molecular formula is C23H22ClN3O4S. The van der Waals surface area contributed by atoms with Crippen molar-refractivity contribution < 1.29 is 19.0 Å². The number of halogens is 1. The van der Waals surface area contributed by atoms with Crippen molar-refractivity contribution >= 4 is 29.3 Å². The first-order valence-corrected chi connectivity index (χ1v) is 11.3. The molecule has 1 aliphatic heterocycles. The van der Waals surface area contributed by atoms with Gasteiger partial charge in [0.1, 0.15) is 23.2 Å². The van der Waals surface area contributed by atoms with Crippen LogP contribution in [0.25, 0.3) is 0 Å². The van der Waals surface area contributed by atoms with Crippen LogP contribution in [0.4, 0.5) is 0 Å². The van der Waals surface area contributed by atoms with E-state index in [1.807, 2.05) is 24.3 Å². The smallest absolute Gasteiger partial charge is 0.338 e. The molecular weight excluding hydrogens is 450 g/mol. The fourth-order valence-corrected chi connectivity index (χ4v) is 4.40. The standard InChI is InChI=1S/C23H22ClN3O4S/c1-3-30-23(28)21-18(11-24)31-22(26)16(12-25)20(21)14-7-8-17(29-2)15(10-14)13-32-19-6-4-5-9-27-19/h4-10,20H,3,11,13,26H2,1-2H3/t20-/m0/s1. The van der Waals surface area contributed by atoms with Crippen LogP contribution in [0.15, 0.2) is 70.4 Å². The Morgan fingerprint density at radius 2 is 2.19 bits per heavy atom. The predicted molar refractivity (Wildman–Crippen MR) is 122 cm³/mol.